The number of hydrogen-bond acceptors (Lipinski definition) is 6. The van der Waals surface area contributed by atoms with E-state index in [2.05, 4.69) is 11.9 Å². The van der Waals surface area contributed by atoms with Gasteiger partial charge in [0.25, 0.3) is 0 Å². The summed E-state index contributed by atoms with van der Waals surface area (Å²) in [6.07, 6.45) is 1.87. The summed E-state index contributed by atoms with van der Waals surface area (Å²) in [6, 6.07) is 9.67. The number of carbonyl (C=O) groups excluding carboxylic acids is 1. The molecule has 0 saturated carbocycles. The Bertz CT molecular complexity index is 1180. The molecule has 0 atom stereocenters. The van der Waals surface area contributed by atoms with Gasteiger partial charge in [-0.3, -0.25) is 0 Å². The molecule has 0 saturated heterocycles. The zero-order valence-electron chi connectivity index (χ0n) is 17.2. The van der Waals surface area contributed by atoms with Crippen LogP contribution in [-0.4, -0.2) is 31.0 Å². The fraction of sp³-hybridized carbons (Fsp3) is 0.333. The van der Waals surface area contributed by atoms with Crippen molar-refractivity contribution < 1.29 is 22.7 Å². The van der Waals surface area contributed by atoms with Gasteiger partial charge in [-0.05, 0) is 49.2 Å². The van der Waals surface area contributed by atoms with Gasteiger partial charge in [-0.25, -0.2) is 23.3 Å². The Morgan fingerprint density at radius 1 is 1.20 bits per heavy atom. The highest BCUT2D eigenvalue weighted by Crippen LogP contribution is 2.23. The van der Waals surface area contributed by atoms with Crippen molar-refractivity contribution >= 4 is 27.0 Å². The van der Waals surface area contributed by atoms with E-state index in [0.717, 1.165) is 23.9 Å². The summed E-state index contributed by atoms with van der Waals surface area (Å²) in [4.78, 5) is 17.0. The molecule has 0 bridgehead atoms. The number of nitrogens with zero attached hydrogens (tertiary/aromatic N) is 2. The fourth-order valence-corrected chi connectivity index (χ4v) is 3.71. The number of aryl methyl sites for hydroxylation is 2. The number of primary sulfonamides is 1. The highest BCUT2D eigenvalue weighted by Gasteiger charge is 2.17. The number of carbonyl (C=O) groups is 1. The van der Waals surface area contributed by atoms with E-state index in [4.69, 9.17) is 14.6 Å². The van der Waals surface area contributed by atoms with Gasteiger partial charge in [-0.1, -0.05) is 19.4 Å². The third-order valence-electron chi connectivity index (χ3n) is 4.84. The zero-order chi connectivity index (χ0) is 21.9. The maximum Gasteiger partial charge on any atom is 0.338 e. The quantitative estimate of drug-likeness (QED) is 0.548. The largest absolute Gasteiger partial charge is 0.496 e. The van der Waals surface area contributed by atoms with E-state index in [9.17, 15) is 13.2 Å². The first-order valence-corrected chi connectivity index (χ1v) is 11.1. The number of ether oxygens (including phenoxy) is 2. The van der Waals surface area contributed by atoms with Gasteiger partial charge in [-0.15, -0.1) is 0 Å². The first kappa shape index (κ1) is 21.8. The van der Waals surface area contributed by atoms with Gasteiger partial charge in [0.1, 0.15) is 18.2 Å². The Labute approximate surface area is 175 Å². The molecule has 9 heteroatoms. The predicted molar refractivity (Wildman–Crippen MR) is 113 cm³/mol. The van der Waals surface area contributed by atoms with E-state index in [1.54, 1.807) is 31.4 Å². The van der Waals surface area contributed by atoms with Crippen molar-refractivity contribution in [1.82, 2.24) is 9.55 Å². The Balaban J connectivity index is 1.89. The number of esters is 1. The second-order valence-electron chi connectivity index (χ2n) is 6.99. The lowest BCUT2D eigenvalue weighted by Gasteiger charge is -2.10. The minimum atomic E-state index is -3.83. The fourth-order valence-electron chi connectivity index (χ4n) is 3.17. The molecule has 0 unspecified atom stereocenters. The number of sulfonamides is 1. The number of imidazole rings is 1. The van der Waals surface area contributed by atoms with Crippen LogP contribution in [0.3, 0.4) is 0 Å². The molecule has 0 aliphatic heterocycles. The number of rotatable bonds is 8. The molecular formula is C21H25N3O5S. The lowest BCUT2D eigenvalue weighted by Crippen LogP contribution is -2.12. The van der Waals surface area contributed by atoms with Crippen molar-refractivity contribution in [2.24, 2.45) is 5.14 Å². The van der Waals surface area contributed by atoms with Crippen LogP contribution in [0.2, 0.25) is 0 Å². The van der Waals surface area contributed by atoms with Gasteiger partial charge >= 0.3 is 5.97 Å². The SMILES string of the molecule is CCCCn1c(COC(=O)c2ccc(C)c(OC)c2)nc2cc(S(N)(=O)=O)ccc21. The van der Waals surface area contributed by atoms with E-state index < -0.39 is 16.0 Å². The van der Waals surface area contributed by atoms with Crippen molar-refractivity contribution in [2.45, 2.75) is 44.7 Å². The molecule has 160 valence electrons. The minimum Gasteiger partial charge on any atom is -0.496 e. The van der Waals surface area contributed by atoms with Crippen molar-refractivity contribution in [3.8, 4) is 5.75 Å². The van der Waals surface area contributed by atoms with Gasteiger partial charge in [0.2, 0.25) is 10.0 Å². The van der Waals surface area contributed by atoms with Gasteiger partial charge in [0.15, 0.2) is 0 Å². The van der Waals surface area contributed by atoms with E-state index in [1.165, 1.54) is 12.1 Å². The number of benzene rings is 2. The van der Waals surface area contributed by atoms with Crippen LogP contribution >= 0.6 is 0 Å². The van der Waals surface area contributed by atoms with Gasteiger partial charge in [0, 0.05) is 6.54 Å². The smallest absolute Gasteiger partial charge is 0.338 e. The van der Waals surface area contributed by atoms with Crippen LogP contribution in [0.5, 0.6) is 5.75 Å². The Morgan fingerprint density at radius 2 is 1.97 bits per heavy atom. The van der Waals surface area contributed by atoms with Crippen molar-refractivity contribution in [2.75, 3.05) is 7.11 Å². The first-order valence-electron chi connectivity index (χ1n) is 9.58. The van der Waals surface area contributed by atoms with Crippen LogP contribution in [0.15, 0.2) is 41.3 Å². The van der Waals surface area contributed by atoms with Gasteiger partial charge < -0.3 is 14.0 Å². The molecular weight excluding hydrogens is 406 g/mol. The van der Waals surface area contributed by atoms with Crippen molar-refractivity contribution in [1.29, 1.82) is 0 Å². The summed E-state index contributed by atoms with van der Waals surface area (Å²) >= 11 is 0. The average molecular weight is 432 g/mol. The molecule has 0 amide bonds. The molecule has 0 aliphatic carbocycles. The maximum absolute atomic E-state index is 12.5. The van der Waals surface area contributed by atoms with E-state index in [0.29, 0.717) is 29.2 Å². The molecule has 3 aromatic rings. The highest BCUT2D eigenvalue weighted by atomic mass is 32.2. The lowest BCUT2D eigenvalue weighted by molar-refractivity contribution is 0.0458. The Morgan fingerprint density at radius 3 is 2.63 bits per heavy atom. The molecule has 0 radical (unpaired) electrons. The number of unbranched alkanes of at least 4 members (excludes halogenated alkanes) is 1. The molecule has 0 spiro atoms. The van der Waals surface area contributed by atoms with Crippen LogP contribution in [-0.2, 0) is 27.9 Å². The molecule has 1 aromatic heterocycles. The minimum absolute atomic E-state index is 0.00885. The van der Waals surface area contributed by atoms with Crippen LogP contribution in [0.1, 0.15) is 41.5 Å². The maximum atomic E-state index is 12.5. The van der Waals surface area contributed by atoms with E-state index in [-0.39, 0.29) is 11.5 Å². The second kappa shape index (κ2) is 8.85. The van der Waals surface area contributed by atoms with Crippen molar-refractivity contribution in [3.05, 3.63) is 53.3 Å². The number of methoxy groups -OCH3 is 1. The summed E-state index contributed by atoms with van der Waals surface area (Å²) < 4.78 is 36.0. The van der Waals surface area contributed by atoms with Gasteiger partial charge in [-0.2, -0.15) is 0 Å². The average Bonchev–Trinajstić information content (AvgIpc) is 3.06. The summed E-state index contributed by atoms with van der Waals surface area (Å²) in [6.45, 7) is 4.59. The van der Waals surface area contributed by atoms with Crippen LogP contribution in [0.25, 0.3) is 11.0 Å². The number of hydrogen-bond donors (Lipinski definition) is 1. The molecule has 0 fully saturated rings. The predicted octanol–water partition coefficient (Wildman–Crippen LogP) is 3.16. The van der Waals surface area contributed by atoms with Crippen LogP contribution in [0.4, 0.5) is 0 Å². The number of aromatic nitrogens is 2. The number of fused-ring (bicyclic) bond motifs is 1. The monoisotopic (exact) mass is 431 g/mol. The van der Waals surface area contributed by atoms with Gasteiger partial charge in [0.05, 0.1) is 28.6 Å². The molecule has 1 heterocycles. The van der Waals surface area contributed by atoms with Crippen LogP contribution < -0.4 is 9.88 Å². The van der Waals surface area contributed by atoms with E-state index >= 15 is 0 Å². The summed E-state index contributed by atoms with van der Waals surface area (Å²) in [7, 11) is -2.29. The van der Waals surface area contributed by atoms with Crippen LogP contribution in [0, 0.1) is 6.92 Å². The van der Waals surface area contributed by atoms with E-state index in [1.807, 2.05) is 11.5 Å². The molecule has 8 nitrogen and oxygen atoms in total. The molecule has 2 aromatic carbocycles. The second-order valence-corrected chi connectivity index (χ2v) is 8.55. The molecule has 2 N–H and O–H groups in total. The third kappa shape index (κ3) is 4.63. The third-order valence-corrected chi connectivity index (χ3v) is 5.75. The topological polar surface area (TPSA) is 114 Å². The molecule has 30 heavy (non-hydrogen) atoms. The Kier molecular flexibility index (Phi) is 6.42. The zero-order valence-corrected chi connectivity index (χ0v) is 18.0. The standard InChI is InChI=1S/C21H25N3O5S/c1-4-5-10-24-18-9-8-16(30(22,26)27)12-17(18)23-20(24)13-29-21(25)15-7-6-14(2)19(11-15)28-3/h6-9,11-12H,4-5,10,13H2,1-3H3,(H2,22,26,27). The van der Waals surface area contributed by atoms with Crippen molar-refractivity contribution in [3.63, 3.8) is 0 Å². The molecule has 3 rings (SSSR count). The molecule has 0 aliphatic rings. The Hall–Kier alpha value is -2.91. The highest BCUT2D eigenvalue weighted by molar-refractivity contribution is 7.89. The number of nitrogens with two attached hydrogens (primary N) is 1. The summed E-state index contributed by atoms with van der Waals surface area (Å²) in [5.74, 6) is 0.653. The first-order chi connectivity index (χ1) is 14.2. The lowest BCUT2D eigenvalue weighted by atomic mass is 10.1. The normalized spacial score (nSPS) is 11.6. The summed E-state index contributed by atoms with van der Waals surface area (Å²) in [5, 5.41) is 5.23. The summed E-state index contributed by atoms with van der Waals surface area (Å²) in [5.41, 5.74) is 2.55.